The zero-order valence-electron chi connectivity index (χ0n) is 11.0. The van der Waals surface area contributed by atoms with Gasteiger partial charge in [-0.05, 0) is 29.8 Å². The van der Waals surface area contributed by atoms with Crippen molar-refractivity contribution >= 4 is 41.2 Å². The monoisotopic (exact) mass is 322 g/mol. The zero-order valence-corrected chi connectivity index (χ0v) is 12.6. The number of methoxy groups -OCH3 is 1. The summed E-state index contributed by atoms with van der Waals surface area (Å²) < 4.78 is 5.56. The Kier molecular flexibility index (Phi) is 5.08. The first kappa shape index (κ1) is 15.2. The smallest absolute Gasteiger partial charge is 0.354 e. The molecule has 0 aliphatic carbocycles. The molecule has 0 bridgehead atoms. The third kappa shape index (κ3) is 4.40. The Bertz CT molecular complexity index is 692. The highest BCUT2D eigenvalue weighted by Gasteiger charge is 2.06. The van der Waals surface area contributed by atoms with Crippen LogP contribution in [-0.4, -0.2) is 29.4 Å². The molecule has 0 unspecified atom stereocenters. The summed E-state index contributed by atoms with van der Waals surface area (Å²) in [6, 6.07) is 6.84. The highest BCUT2D eigenvalue weighted by molar-refractivity contribution is 7.17. The fourth-order valence-electron chi connectivity index (χ4n) is 1.44. The van der Waals surface area contributed by atoms with Crippen LogP contribution in [0, 0.1) is 0 Å². The van der Waals surface area contributed by atoms with Crippen molar-refractivity contribution in [1.82, 2.24) is 4.98 Å². The number of rotatable bonds is 5. The minimum absolute atomic E-state index is 0.0912. The van der Waals surface area contributed by atoms with E-state index in [4.69, 9.17) is 21.4 Å². The minimum Gasteiger partial charge on any atom is -0.481 e. The Hall–Kier alpha value is -2.18. The quantitative estimate of drug-likeness (QED) is 0.677. The molecule has 2 aromatic heterocycles. The number of thiophene rings is 1. The second-order valence-corrected chi connectivity index (χ2v) is 5.62. The lowest BCUT2D eigenvalue weighted by Crippen LogP contribution is -1.98. The maximum atomic E-state index is 11.2. The molecule has 0 spiro atoms. The standard InChI is InChI=1S/C14H11ClN2O3S/c1-20-13-5-2-9(7-17-13)6-11(14(18)19)16-8-10-3-4-12(15)21-10/h2-8H,1H3,(H,18,19)/b11-6-,16-8?. The van der Waals surface area contributed by atoms with Crippen LogP contribution in [0.5, 0.6) is 5.88 Å². The molecule has 0 saturated heterocycles. The molecule has 2 aromatic rings. The van der Waals surface area contributed by atoms with E-state index >= 15 is 0 Å². The van der Waals surface area contributed by atoms with Gasteiger partial charge >= 0.3 is 5.97 Å². The Morgan fingerprint density at radius 1 is 1.43 bits per heavy atom. The van der Waals surface area contributed by atoms with Crippen molar-refractivity contribution in [3.05, 3.63) is 50.9 Å². The third-order valence-electron chi connectivity index (χ3n) is 2.42. The molecule has 0 aromatic carbocycles. The Morgan fingerprint density at radius 3 is 2.76 bits per heavy atom. The van der Waals surface area contributed by atoms with Crippen molar-refractivity contribution in [1.29, 1.82) is 0 Å². The second-order valence-electron chi connectivity index (χ2n) is 3.87. The summed E-state index contributed by atoms with van der Waals surface area (Å²) >= 11 is 7.12. The second kappa shape index (κ2) is 7.01. The summed E-state index contributed by atoms with van der Waals surface area (Å²) in [5.41, 5.74) is 0.529. The van der Waals surface area contributed by atoms with Crippen LogP contribution in [0.1, 0.15) is 10.4 Å². The van der Waals surface area contributed by atoms with Crippen LogP contribution in [0.2, 0.25) is 4.34 Å². The summed E-state index contributed by atoms with van der Waals surface area (Å²) in [5.74, 6) is -0.662. The topological polar surface area (TPSA) is 71.8 Å². The van der Waals surface area contributed by atoms with Crippen LogP contribution in [0.15, 0.2) is 41.2 Å². The highest BCUT2D eigenvalue weighted by Crippen LogP contribution is 2.20. The number of hydrogen-bond donors (Lipinski definition) is 1. The number of carbonyl (C=O) groups is 1. The molecule has 0 amide bonds. The van der Waals surface area contributed by atoms with Crippen molar-refractivity contribution in [2.24, 2.45) is 4.99 Å². The molecule has 2 rings (SSSR count). The molecule has 1 N–H and O–H groups in total. The zero-order chi connectivity index (χ0) is 15.2. The Balaban J connectivity index is 2.23. The first-order chi connectivity index (χ1) is 10.1. The van der Waals surface area contributed by atoms with Gasteiger partial charge in [-0.15, -0.1) is 11.3 Å². The third-order valence-corrected chi connectivity index (χ3v) is 3.58. The maximum Gasteiger partial charge on any atom is 0.354 e. The van der Waals surface area contributed by atoms with Crippen molar-refractivity contribution in [2.45, 2.75) is 0 Å². The van der Waals surface area contributed by atoms with Gasteiger partial charge in [0, 0.05) is 23.4 Å². The molecule has 108 valence electrons. The first-order valence-corrected chi connectivity index (χ1v) is 7.02. The number of aliphatic imine (C=N–C) groups is 1. The van der Waals surface area contributed by atoms with E-state index in [-0.39, 0.29) is 5.70 Å². The van der Waals surface area contributed by atoms with E-state index < -0.39 is 5.97 Å². The lowest BCUT2D eigenvalue weighted by molar-refractivity contribution is -0.132. The number of pyridine rings is 1. The van der Waals surface area contributed by atoms with Crippen LogP contribution in [0.4, 0.5) is 0 Å². The van der Waals surface area contributed by atoms with Gasteiger partial charge in [-0.3, -0.25) is 0 Å². The average Bonchev–Trinajstić information content (AvgIpc) is 2.89. The van der Waals surface area contributed by atoms with Gasteiger partial charge in [0.1, 0.15) is 5.70 Å². The summed E-state index contributed by atoms with van der Waals surface area (Å²) in [7, 11) is 1.51. The fourth-order valence-corrected chi connectivity index (χ4v) is 2.37. The van der Waals surface area contributed by atoms with E-state index in [9.17, 15) is 4.79 Å². The summed E-state index contributed by atoms with van der Waals surface area (Å²) in [6.45, 7) is 0. The van der Waals surface area contributed by atoms with Crippen molar-refractivity contribution < 1.29 is 14.6 Å². The highest BCUT2D eigenvalue weighted by atomic mass is 35.5. The van der Waals surface area contributed by atoms with Gasteiger partial charge in [-0.2, -0.15) is 0 Å². The van der Waals surface area contributed by atoms with Gasteiger partial charge < -0.3 is 9.84 Å². The summed E-state index contributed by atoms with van der Waals surface area (Å²) in [5, 5.41) is 9.17. The van der Waals surface area contributed by atoms with E-state index in [1.807, 2.05) is 0 Å². The summed E-state index contributed by atoms with van der Waals surface area (Å²) in [6.07, 6.45) is 4.41. The lowest BCUT2D eigenvalue weighted by atomic mass is 10.2. The van der Waals surface area contributed by atoms with E-state index in [1.54, 1.807) is 24.3 Å². The normalized spacial score (nSPS) is 11.8. The van der Waals surface area contributed by atoms with Gasteiger partial charge in [0.05, 0.1) is 11.4 Å². The first-order valence-electron chi connectivity index (χ1n) is 5.83. The molecule has 7 heteroatoms. The van der Waals surface area contributed by atoms with Gasteiger partial charge in [0.15, 0.2) is 0 Å². The molecular formula is C14H11ClN2O3S. The van der Waals surface area contributed by atoms with Crippen molar-refractivity contribution in [3.63, 3.8) is 0 Å². The molecule has 0 saturated carbocycles. The molecule has 0 atom stereocenters. The van der Waals surface area contributed by atoms with Crippen LogP contribution in [0.25, 0.3) is 6.08 Å². The predicted molar refractivity (Wildman–Crippen MR) is 83.3 cm³/mol. The molecule has 0 radical (unpaired) electrons. The number of hydrogen-bond acceptors (Lipinski definition) is 5. The largest absolute Gasteiger partial charge is 0.481 e. The van der Waals surface area contributed by atoms with Crippen LogP contribution in [-0.2, 0) is 4.79 Å². The van der Waals surface area contributed by atoms with E-state index in [0.29, 0.717) is 15.8 Å². The molecular weight excluding hydrogens is 312 g/mol. The summed E-state index contributed by atoms with van der Waals surface area (Å²) in [4.78, 5) is 20.0. The molecule has 21 heavy (non-hydrogen) atoms. The van der Waals surface area contributed by atoms with Gasteiger partial charge in [0.25, 0.3) is 0 Å². The number of aliphatic carboxylic acids is 1. The van der Waals surface area contributed by atoms with Crippen LogP contribution < -0.4 is 4.74 Å². The maximum absolute atomic E-state index is 11.2. The van der Waals surface area contributed by atoms with Crippen LogP contribution in [0.3, 0.4) is 0 Å². The number of carboxylic acid groups (broad SMARTS) is 1. The predicted octanol–water partition coefficient (Wildman–Crippen LogP) is 3.35. The Labute approximate surface area is 130 Å². The van der Waals surface area contributed by atoms with Gasteiger partial charge in [-0.1, -0.05) is 11.6 Å². The number of nitrogens with zero attached hydrogens (tertiary/aromatic N) is 2. The van der Waals surface area contributed by atoms with E-state index in [2.05, 4.69) is 9.98 Å². The SMILES string of the molecule is COc1ccc(/C=C(\N=Cc2ccc(Cl)s2)C(=O)O)cn1. The molecule has 2 heterocycles. The average molecular weight is 323 g/mol. The van der Waals surface area contributed by atoms with Gasteiger partial charge in [-0.25, -0.2) is 14.8 Å². The molecule has 5 nitrogen and oxygen atoms in total. The van der Waals surface area contributed by atoms with E-state index in [0.717, 1.165) is 4.88 Å². The molecule has 0 aliphatic heterocycles. The number of ether oxygens (including phenoxy) is 1. The minimum atomic E-state index is -1.12. The number of halogens is 1. The molecule has 0 aliphatic rings. The fraction of sp³-hybridized carbons (Fsp3) is 0.0714. The number of aromatic nitrogens is 1. The van der Waals surface area contributed by atoms with Gasteiger partial charge in [0.2, 0.25) is 5.88 Å². The van der Waals surface area contributed by atoms with Crippen LogP contribution >= 0.6 is 22.9 Å². The number of carboxylic acids is 1. The molecule has 0 fully saturated rings. The van der Waals surface area contributed by atoms with Crippen molar-refractivity contribution in [2.75, 3.05) is 7.11 Å². The lowest BCUT2D eigenvalue weighted by Gasteiger charge is -1.99. The van der Waals surface area contributed by atoms with E-state index in [1.165, 1.54) is 36.9 Å². The van der Waals surface area contributed by atoms with Crippen molar-refractivity contribution in [3.8, 4) is 5.88 Å². The Morgan fingerprint density at radius 2 is 2.24 bits per heavy atom.